The van der Waals surface area contributed by atoms with Crippen LogP contribution < -0.4 is 5.32 Å². The summed E-state index contributed by atoms with van der Waals surface area (Å²) in [5.41, 5.74) is 1.58. The van der Waals surface area contributed by atoms with Crippen LogP contribution >= 0.6 is 0 Å². The largest absolute Gasteiger partial charge is 0.381 e. The highest BCUT2D eigenvalue weighted by atomic mass is 16.5. The van der Waals surface area contributed by atoms with Gasteiger partial charge in [0.2, 0.25) is 0 Å². The van der Waals surface area contributed by atoms with Crippen molar-refractivity contribution in [3.8, 4) is 0 Å². The lowest BCUT2D eigenvalue weighted by Crippen LogP contribution is -2.51. The number of piperidine rings is 1. The summed E-state index contributed by atoms with van der Waals surface area (Å²) in [5, 5.41) is 3.29. The zero-order chi connectivity index (χ0) is 17.1. The molecule has 1 aromatic carbocycles. The van der Waals surface area contributed by atoms with Crippen molar-refractivity contribution in [2.24, 2.45) is 5.41 Å². The molecule has 3 heterocycles. The summed E-state index contributed by atoms with van der Waals surface area (Å²) in [5.74, 6) is 0. The van der Waals surface area contributed by atoms with E-state index in [1.807, 2.05) is 4.90 Å². The quantitative estimate of drug-likeness (QED) is 0.917. The first kappa shape index (κ1) is 16.9. The number of amides is 2. The van der Waals surface area contributed by atoms with Crippen molar-refractivity contribution < 1.29 is 9.53 Å². The minimum Gasteiger partial charge on any atom is -0.381 e. The van der Waals surface area contributed by atoms with E-state index < -0.39 is 0 Å². The highest BCUT2D eigenvalue weighted by Crippen LogP contribution is 2.38. The minimum absolute atomic E-state index is 0.121. The van der Waals surface area contributed by atoms with Gasteiger partial charge in [-0.25, -0.2) is 4.79 Å². The van der Waals surface area contributed by atoms with Gasteiger partial charge in [0.15, 0.2) is 0 Å². The van der Waals surface area contributed by atoms with Crippen LogP contribution in [0.15, 0.2) is 30.3 Å². The first-order valence-corrected chi connectivity index (χ1v) is 9.62. The molecule has 0 aliphatic carbocycles. The third-order valence-electron chi connectivity index (χ3n) is 5.99. The van der Waals surface area contributed by atoms with Gasteiger partial charge in [0.25, 0.3) is 0 Å². The SMILES string of the molecule is O=C(N[C@H]1CCCN(Cc2ccccc2)C1)N1CC[C@@]2(CCOC2)C1. The molecule has 2 amide bonds. The van der Waals surface area contributed by atoms with Crippen LogP contribution in [0.1, 0.15) is 31.2 Å². The second kappa shape index (κ2) is 7.34. The number of hydrogen-bond donors (Lipinski definition) is 1. The van der Waals surface area contributed by atoms with E-state index in [9.17, 15) is 4.79 Å². The van der Waals surface area contributed by atoms with Gasteiger partial charge in [0, 0.05) is 44.2 Å². The van der Waals surface area contributed by atoms with E-state index in [0.717, 1.165) is 71.6 Å². The Morgan fingerprint density at radius 2 is 2.12 bits per heavy atom. The number of ether oxygens (including phenoxy) is 1. The number of benzene rings is 1. The van der Waals surface area contributed by atoms with Crippen molar-refractivity contribution in [3.63, 3.8) is 0 Å². The number of nitrogens with one attached hydrogen (secondary N) is 1. The normalized spacial score (nSPS) is 30.1. The number of carbonyl (C=O) groups is 1. The van der Waals surface area contributed by atoms with E-state index in [1.165, 1.54) is 5.56 Å². The summed E-state index contributed by atoms with van der Waals surface area (Å²) in [4.78, 5) is 17.1. The maximum Gasteiger partial charge on any atom is 0.317 e. The summed E-state index contributed by atoms with van der Waals surface area (Å²) in [6.07, 6.45) is 4.42. The van der Waals surface area contributed by atoms with Crippen LogP contribution in [-0.4, -0.2) is 61.3 Å². The van der Waals surface area contributed by atoms with Gasteiger partial charge in [-0.05, 0) is 37.8 Å². The molecule has 0 unspecified atom stereocenters. The Morgan fingerprint density at radius 1 is 1.24 bits per heavy atom. The van der Waals surface area contributed by atoms with Crippen molar-refractivity contribution >= 4 is 6.03 Å². The number of urea groups is 1. The van der Waals surface area contributed by atoms with E-state index in [4.69, 9.17) is 4.74 Å². The fourth-order valence-electron chi connectivity index (χ4n) is 4.50. The maximum absolute atomic E-state index is 12.7. The summed E-state index contributed by atoms with van der Waals surface area (Å²) in [6, 6.07) is 11.0. The molecule has 3 fully saturated rings. The molecule has 3 saturated heterocycles. The average Bonchev–Trinajstić information content (AvgIpc) is 3.26. The van der Waals surface area contributed by atoms with Crippen LogP contribution in [0.5, 0.6) is 0 Å². The van der Waals surface area contributed by atoms with Crippen LogP contribution in [-0.2, 0) is 11.3 Å². The Morgan fingerprint density at radius 3 is 2.92 bits per heavy atom. The monoisotopic (exact) mass is 343 g/mol. The van der Waals surface area contributed by atoms with Gasteiger partial charge in [0.1, 0.15) is 0 Å². The molecule has 0 aromatic heterocycles. The third-order valence-corrected chi connectivity index (χ3v) is 5.99. The summed E-state index contributed by atoms with van der Waals surface area (Å²) < 4.78 is 5.57. The molecule has 0 radical (unpaired) electrons. The maximum atomic E-state index is 12.7. The van der Waals surface area contributed by atoms with Gasteiger partial charge in [-0.15, -0.1) is 0 Å². The molecule has 2 atom stereocenters. The van der Waals surface area contributed by atoms with E-state index in [0.29, 0.717) is 0 Å². The minimum atomic E-state index is 0.121. The van der Waals surface area contributed by atoms with Crippen LogP contribution in [0.3, 0.4) is 0 Å². The summed E-state index contributed by atoms with van der Waals surface area (Å²) in [7, 11) is 0. The van der Waals surface area contributed by atoms with Crippen molar-refractivity contribution in [1.29, 1.82) is 0 Å². The van der Waals surface area contributed by atoms with Crippen LogP contribution in [0.4, 0.5) is 4.79 Å². The standard InChI is InChI=1S/C20H29N3O2/c24-19(23-11-8-20(15-23)9-12-25-16-20)21-18-7-4-10-22(14-18)13-17-5-2-1-3-6-17/h1-3,5-6,18H,4,7-16H2,(H,21,24)/t18-,20+/m0/s1. The van der Waals surface area contributed by atoms with Gasteiger partial charge >= 0.3 is 6.03 Å². The third kappa shape index (κ3) is 3.98. The summed E-state index contributed by atoms with van der Waals surface area (Å²) in [6.45, 7) is 6.44. The van der Waals surface area contributed by atoms with E-state index >= 15 is 0 Å². The van der Waals surface area contributed by atoms with Gasteiger partial charge in [-0.2, -0.15) is 0 Å². The second-order valence-electron chi connectivity index (χ2n) is 7.98. The molecule has 1 aromatic rings. The Bertz CT molecular complexity index is 586. The zero-order valence-corrected chi connectivity index (χ0v) is 15.0. The molecule has 0 bridgehead atoms. The molecule has 4 rings (SSSR count). The molecule has 5 nitrogen and oxygen atoms in total. The van der Waals surface area contributed by atoms with E-state index in [2.05, 4.69) is 40.5 Å². The molecule has 25 heavy (non-hydrogen) atoms. The summed E-state index contributed by atoms with van der Waals surface area (Å²) >= 11 is 0. The van der Waals surface area contributed by atoms with E-state index in [1.54, 1.807) is 0 Å². The van der Waals surface area contributed by atoms with Gasteiger partial charge in [0.05, 0.1) is 6.61 Å². The first-order chi connectivity index (χ1) is 12.2. The Kier molecular flexibility index (Phi) is 4.95. The Balaban J connectivity index is 1.28. The number of carbonyl (C=O) groups excluding carboxylic acids is 1. The number of likely N-dealkylation sites (tertiary alicyclic amines) is 2. The fourth-order valence-corrected chi connectivity index (χ4v) is 4.50. The fraction of sp³-hybridized carbons (Fsp3) is 0.650. The van der Waals surface area contributed by atoms with Gasteiger partial charge in [-0.1, -0.05) is 30.3 Å². The molecule has 3 aliphatic heterocycles. The second-order valence-corrected chi connectivity index (χ2v) is 7.98. The molecule has 136 valence electrons. The highest BCUT2D eigenvalue weighted by molar-refractivity contribution is 5.75. The van der Waals surface area contributed by atoms with Crippen LogP contribution in [0.2, 0.25) is 0 Å². The molecular formula is C20H29N3O2. The number of hydrogen-bond acceptors (Lipinski definition) is 3. The molecular weight excluding hydrogens is 314 g/mol. The van der Waals surface area contributed by atoms with Crippen molar-refractivity contribution in [1.82, 2.24) is 15.1 Å². The Labute approximate surface area is 150 Å². The predicted molar refractivity (Wildman–Crippen MR) is 97.3 cm³/mol. The lowest BCUT2D eigenvalue weighted by Gasteiger charge is -2.34. The smallest absolute Gasteiger partial charge is 0.317 e. The molecule has 0 saturated carbocycles. The van der Waals surface area contributed by atoms with Gasteiger partial charge < -0.3 is 15.0 Å². The first-order valence-electron chi connectivity index (χ1n) is 9.62. The topological polar surface area (TPSA) is 44.8 Å². The van der Waals surface area contributed by atoms with Gasteiger partial charge in [-0.3, -0.25) is 4.90 Å². The lowest BCUT2D eigenvalue weighted by molar-refractivity contribution is 0.148. The van der Waals surface area contributed by atoms with Crippen LogP contribution in [0.25, 0.3) is 0 Å². The lowest BCUT2D eigenvalue weighted by atomic mass is 9.87. The van der Waals surface area contributed by atoms with Crippen molar-refractivity contribution in [2.45, 2.75) is 38.3 Å². The Hall–Kier alpha value is -1.59. The molecule has 3 aliphatic rings. The van der Waals surface area contributed by atoms with Crippen LogP contribution in [0, 0.1) is 5.41 Å². The molecule has 1 N–H and O–H groups in total. The van der Waals surface area contributed by atoms with E-state index in [-0.39, 0.29) is 17.5 Å². The highest BCUT2D eigenvalue weighted by Gasteiger charge is 2.43. The molecule has 1 spiro atoms. The van der Waals surface area contributed by atoms with Crippen molar-refractivity contribution in [2.75, 3.05) is 39.4 Å². The predicted octanol–water partition coefficient (Wildman–Crippen LogP) is 2.47. The number of nitrogens with zero attached hydrogens (tertiary/aromatic N) is 2. The molecule has 5 heteroatoms. The van der Waals surface area contributed by atoms with Crippen molar-refractivity contribution in [3.05, 3.63) is 35.9 Å². The number of rotatable bonds is 3. The zero-order valence-electron chi connectivity index (χ0n) is 15.0. The average molecular weight is 343 g/mol.